The average molecular weight is 334 g/mol. The van der Waals surface area contributed by atoms with Crippen LogP contribution in [-0.2, 0) is 10.0 Å². The molecule has 0 atom stereocenters. The molecule has 1 radical (unpaired) electrons. The fourth-order valence-corrected chi connectivity index (χ4v) is 3.06. The number of hydrogen-bond acceptors (Lipinski definition) is 4. The fourth-order valence-electron chi connectivity index (χ4n) is 2.13. The third-order valence-corrected chi connectivity index (χ3v) is 4.26. The molecule has 0 fully saturated rings. The van der Waals surface area contributed by atoms with Crippen molar-refractivity contribution in [1.29, 1.82) is 0 Å². The second-order valence-corrected chi connectivity index (χ2v) is 6.50. The van der Waals surface area contributed by atoms with Gasteiger partial charge >= 0.3 is 0 Å². The molecule has 3 rings (SSSR count). The van der Waals surface area contributed by atoms with Crippen molar-refractivity contribution in [3.63, 3.8) is 0 Å². The summed E-state index contributed by atoms with van der Waals surface area (Å²) in [4.78, 5) is 4.00. The molecule has 3 aromatic rings. The van der Waals surface area contributed by atoms with E-state index in [1.165, 1.54) is 6.07 Å². The van der Waals surface area contributed by atoms with Gasteiger partial charge in [0.25, 0.3) is 6.39 Å². The maximum absolute atomic E-state index is 11.7. The number of nitrogens with two attached hydrogens (primary N) is 1. The van der Waals surface area contributed by atoms with Crippen molar-refractivity contribution >= 4 is 21.6 Å². The molecule has 2 N–H and O–H groups in total. The standard InChI is InChI=1S/C15H10ClN2O3S/c16-11-5-3-4-10(8-11)14-15(21-9-18-14)12-6-1-2-7-13(12)22(17,19)20/h1-8H,(H2,17,19,20). The highest BCUT2D eigenvalue weighted by Gasteiger charge is 2.21. The van der Waals surface area contributed by atoms with Crippen molar-refractivity contribution < 1.29 is 12.8 Å². The van der Waals surface area contributed by atoms with E-state index < -0.39 is 10.0 Å². The predicted molar refractivity (Wildman–Crippen MR) is 82.6 cm³/mol. The zero-order chi connectivity index (χ0) is 15.7. The summed E-state index contributed by atoms with van der Waals surface area (Å²) in [5.41, 5.74) is 1.46. The first-order valence-electron chi connectivity index (χ1n) is 6.22. The molecule has 1 aromatic heterocycles. The third-order valence-electron chi connectivity index (χ3n) is 3.06. The van der Waals surface area contributed by atoms with Crippen LogP contribution in [0, 0.1) is 6.39 Å². The zero-order valence-electron chi connectivity index (χ0n) is 11.2. The lowest BCUT2D eigenvalue weighted by atomic mass is 10.1. The molecule has 7 heteroatoms. The minimum Gasteiger partial charge on any atom is -0.432 e. The molecule has 0 saturated carbocycles. The third kappa shape index (κ3) is 2.76. The van der Waals surface area contributed by atoms with Crippen molar-refractivity contribution in [2.24, 2.45) is 5.14 Å². The molecule has 0 aliphatic carbocycles. The number of benzene rings is 2. The molecule has 5 nitrogen and oxygen atoms in total. The first kappa shape index (κ1) is 14.8. The summed E-state index contributed by atoms with van der Waals surface area (Å²) >= 11 is 5.98. The van der Waals surface area contributed by atoms with Crippen molar-refractivity contribution in [3.8, 4) is 22.6 Å². The highest BCUT2D eigenvalue weighted by Crippen LogP contribution is 2.34. The highest BCUT2D eigenvalue weighted by molar-refractivity contribution is 7.89. The van der Waals surface area contributed by atoms with E-state index in [-0.39, 0.29) is 10.7 Å². The predicted octanol–water partition coefficient (Wildman–Crippen LogP) is 3.11. The number of oxazole rings is 1. The maximum Gasteiger partial charge on any atom is 0.284 e. The van der Waals surface area contributed by atoms with Crippen LogP contribution >= 0.6 is 11.6 Å². The van der Waals surface area contributed by atoms with Gasteiger partial charge in [-0.25, -0.2) is 18.5 Å². The van der Waals surface area contributed by atoms with Crippen molar-refractivity contribution in [2.45, 2.75) is 4.90 Å². The fraction of sp³-hybridized carbons (Fsp3) is 0. The SMILES string of the molecule is NS(=O)(=O)c1ccccc1-c1o[c]nc1-c1cccc(Cl)c1. The molecule has 0 amide bonds. The summed E-state index contributed by atoms with van der Waals surface area (Å²) in [5, 5.41) is 5.79. The van der Waals surface area contributed by atoms with Crippen LogP contribution in [0.5, 0.6) is 0 Å². The lowest BCUT2D eigenvalue weighted by Gasteiger charge is -2.07. The Morgan fingerprint density at radius 1 is 1.14 bits per heavy atom. The van der Waals surface area contributed by atoms with Gasteiger partial charge in [0.2, 0.25) is 10.0 Å². The monoisotopic (exact) mass is 333 g/mol. The number of primary sulfonamides is 1. The Hall–Kier alpha value is -2.15. The van der Waals surface area contributed by atoms with Crippen LogP contribution in [0.1, 0.15) is 0 Å². The van der Waals surface area contributed by atoms with Crippen LogP contribution in [-0.4, -0.2) is 13.4 Å². The van der Waals surface area contributed by atoms with Gasteiger partial charge in [0, 0.05) is 16.1 Å². The molecule has 0 spiro atoms. The van der Waals surface area contributed by atoms with Crippen LogP contribution < -0.4 is 5.14 Å². The van der Waals surface area contributed by atoms with E-state index >= 15 is 0 Å². The minimum absolute atomic E-state index is 0.0385. The summed E-state index contributed by atoms with van der Waals surface area (Å²) in [6, 6.07) is 13.3. The molecule has 2 aromatic carbocycles. The molecular formula is C15H10ClN2O3S. The average Bonchev–Trinajstić information content (AvgIpc) is 2.95. The molecule has 0 aliphatic rings. The van der Waals surface area contributed by atoms with Crippen LogP contribution in [0.25, 0.3) is 22.6 Å². The topological polar surface area (TPSA) is 86.2 Å². The Balaban J connectivity index is 2.23. The van der Waals surface area contributed by atoms with Crippen LogP contribution in [0.4, 0.5) is 0 Å². The first-order chi connectivity index (χ1) is 10.5. The second-order valence-electron chi connectivity index (χ2n) is 4.53. The number of hydrogen-bond donors (Lipinski definition) is 1. The van der Waals surface area contributed by atoms with E-state index in [2.05, 4.69) is 11.4 Å². The van der Waals surface area contributed by atoms with Crippen molar-refractivity contribution in [2.75, 3.05) is 0 Å². The van der Waals surface area contributed by atoms with E-state index in [4.69, 9.17) is 21.2 Å². The molecular weight excluding hydrogens is 324 g/mol. The summed E-state index contributed by atoms with van der Waals surface area (Å²) in [6.07, 6.45) is 2.39. The second kappa shape index (κ2) is 5.57. The number of aromatic nitrogens is 1. The van der Waals surface area contributed by atoms with E-state index in [9.17, 15) is 8.42 Å². The number of sulfonamides is 1. The van der Waals surface area contributed by atoms with Crippen LogP contribution in [0.3, 0.4) is 0 Å². The summed E-state index contributed by atoms with van der Waals surface area (Å²) in [5.74, 6) is 0.270. The molecule has 0 unspecified atom stereocenters. The van der Waals surface area contributed by atoms with Gasteiger partial charge in [-0.1, -0.05) is 35.9 Å². The van der Waals surface area contributed by atoms with Crippen LogP contribution in [0.2, 0.25) is 5.02 Å². The Kier molecular flexibility index (Phi) is 3.74. The van der Waals surface area contributed by atoms with Gasteiger partial charge in [-0.2, -0.15) is 0 Å². The number of rotatable bonds is 3. The zero-order valence-corrected chi connectivity index (χ0v) is 12.7. The Morgan fingerprint density at radius 2 is 1.91 bits per heavy atom. The first-order valence-corrected chi connectivity index (χ1v) is 8.14. The summed E-state index contributed by atoms with van der Waals surface area (Å²) < 4.78 is 28.8. The van der Waals surface area contributed by atoms with Crippen molar-refractivity contribution in [3.05, 3.63) is 59.9 Å². The summed E-state index contributed by atoms with van der Waals surface area (Å²) in [6.45, 7) is 0. The van der Waals surface area contributed by atoms with Gasteiger partial charge < -0.3 is 4.42 Å². The molecule has 22 heavy (non-hydrogen) atoms. The molecule has 0 saturated heterocycles. The van der Waals surface area contributed by atoms with Crippen LogP contribution in [0.15, 0.2) is 57.8 Å². The van der Waals surface area contributed by atoms with E-state index in [1.807, 2.05) is 0 Å². The molecule has 1 heterocycles. The summed E-state index contributed by atoms with van der Waals surface area (Å²) in [7, 11) is -3.89. The lowest BCUT2D eigenvalue weighted by Crippen LogP contribution is -2.13. The van der Waals surface area contributed by atoms with Gasteiger partial charge in [-0.15, -0.1) is 0 Å². The van der Waals surface area contributed by atoms with Gasteiger partial charge in [0.1, 0.15) is 5.69 Å². The van der Waals surface area contributed by atoms with E-state index in [1.54, 1.807) is 42.5 Å². The number of nitrogens with zero attached hydrogens (tertiary/aromatic N) is 1. The normalized spacial score (nSPS) is 11.5. The Morgan fingerprint density at radius 3 is 2.64 bits per heavy atom. The molecule has 111 valence electrons. The Bertz CT molecular complexity index is 935. The van der Waals surface area contributed by atoms with Gasteiger partial charge in [-0.05, 0) is 24.3 Å². The quantitative estimate of drug-likeness (QED) is 0.797. The van der Waals surface area contributed by atoms with Crippen molar-refractivity contribution in [1.82, 2.24) is 4.98 Å². The Labute approximate surface area is 132 Å². The minimum atomic E-state index is -3.89. The van der Waals surface area contributed by atoms with E-state index in [0.717, 1.165) is 0 Å². The highest BCUT2D eigenvalue weighted by atomic mass is 35.5. The number of halogens is 1. The maximum atomic E-state index is 11.7. The molecule has 0 bridgehead atoms. The van der Waals surface area contributed by atoms with Gasteiger partial charge in [-0.3, -0.25) is 0 Å². The lowest BCUT2D eigenvalue weighted by molar-refractivity contribution is 0.559. The van der Waals surface area contributed by atoms with Gasteiger partial charge in [0.15, 0.2) is 5.76 Å². The van der Waals surface area contributed by atoms with Gasteiger partial charge in [0.05, 0.1) is 4.90 Å². The smallest absolute Gasteiger partial charge is 0.284 e. The molecule has 0 aliphatic heterocycles. The largest absolute Gasteiger partial charge is 0.432 e. The van der Waals surface area contributed by atoms with E-state index in [0.29, 0.717) is 21.8 Å².